The highest BCUT2D eigenvalue weighted by molar-refractivity contribution is 6.31. The van der Waals surface area contributed by atoms with Crippen molar-refractivity contribution in [2.75, 3.05) is 7.11 Å². The molecule has 0 saturated heterocycles. The molecular formula is C16H15ClO2. The second kappa shape index (κ2) is 5.89. The molecule has 0 amide bonds. The van der Waals surface area contributed by atoms with Crippen LogP contribution < -0.4 is 4.74 Å². The fraction of sp³-hybridized carbons (Fsp3) is 0.188. The van der Waals surface area contributed by atoms with E-state index in [-0.39, 0.29) is 5.78 Å². The molecule has 0 bridgehead atoms. The number of hydrogen-bond donors (Lipinski definition) is 0. The van der Waals surface area contributed by atoms with Crippen LogP contribution in [0.2, 0.25) is 5.02 Å². The molecule has 19 heavy (non-hydrogen) atoms. The van der Waals surface area contributed by atoms with Crippen molar-refractivity contribution in [1.29, 1.82) is 0 Å². The number of ketones is 1. The second-order valence-corrected chi connectivity index (χ2v) is 4.77. The summed E-state index contributed by atoms with van der Waals surface area (Å²) in [6, 6.07) is 12.9. The van der Waals surface area contributed by atoms with Gasteiger partial charge in [0.1, 0.15) is 5.75 Å². The van der Waals surface area contributed by atoms with Gasteiger partial charge >= 0.3 is 0 Å². The predicted octanol–water partition coefficient (Wildman–Crippen LogP) is 4.08. The highest BCUT2D eigenvalue weighted by Gasteiger charge is 2.11. The van der Waals surface area contributed by atoms with E-state index in [0.29, 0.717) is 17.0 Å². The van der Waals surface area contributed by atoms with Gasteiger partial charge < -0.3 is 4.74 Å². The Kier molecular flexibility index (Phi) is 4.23. The first-order chi connectivity index (χ1) is 9.11. The molecule has 0 heterocycles. The van der Waals surface area contributed by atoms with Crippen LogP contribution in [0.25, 0.3) is 0 Å². The van der Waals surface area contributed by atoms with Crippen molar-refractivity contribution < 1.29 is 9.53 Å². The summed E-state index contributed by atoms with van der Waals surface area (Å²) in [5.74, 6) is 0.821. The Morgan fingerprint density at radius 2 is 1.95 bits per heavy atom. The molecule has 0 atom stereocenters. The highest BCUT2D eigenvalue weighted by Crippen LogP contribution is 2.21. The summed E-state index contributed by atoms with van der Waals surface area (Å²) >= 11 is 6.04. The summed E-state index contributed by atoms with van der Waals surface area (Å²) in [5, 5.41) is 0.622. The third-order valence-electron chi connectivity index (χ3n) is 3.07. The van der Waals surface area contributed by atoms with Gasteiger partial charge in [0.25, 0.3) is 0 Å². The largest absolute Gasteiger partial charge is 0.497 e. The van der Waals surface area contributed by atoms with Crippen LogP contribution in [0, 0.1) is 6.92 Å². The monoisotopic (exact) mass is 274 g/mol. The van der Waals surface area contributed by atoms with Gasteiger partial charge in [-0.2, -0.15) is 0 Å². The summed E-state index contributed by atoms with van der Waals surface area (Å²) in [4.78, 5) is 12.3. The van der Waals surface area contributed by atoms with Gasteiger partial charge in [0.05, 0.1) is 7.11 Å². The zero-order valence-corrected chi connectivity index (χ0v) is 11.7. The lowest BCUT2D eigenvalue weighted by molar-refractivity contribution is 0.0992. The normalized spacial score (nSPS) is 10.3. The number of halogens is 1. The zero-order valence-electron chi connectivity index (χ0n) is 10.9. The second-order valence-electron chi connectivity index (χ2n) is 4.36. The molecule has 0 unspecified atom stereocenters. The zero-order chi connectivity index (χ0) is 13.8. The SMILES string of the molecule is COc1cccc(CC(=O)c2cccc(Cl)c2C)c1. The number of hydrogen-bond acceptors (Lipinski definition) is 2. The van der Waals surface area contributed by atoms with Crippen molar-refractivity contribution in [3.05, 3.63) is 64.2 Å². The molecule has 0 fully saturated rings. The first-order valence-electron chi connectivity index (χ1n) is 6.03. The van der Waals surface area contributed by atoms with E-state index in [1.165, 1.54) is 0 Å². The van der Waals surface area contributed by atoms with E-state index >= 15 is 0 Å². The van der Waals surface area contributed by atoms with Crippen molar-refractivity contribution in [3.8, 4) is 5.75 Å². The van der Waals surface area contributed by atoms with Crippen LogP contribution in [0.3, 0.4) is 0 Å². The summed E-state index contributed by atoms with van der Waals surface area (Å²) in [5.41, 5.74) is 2.44. The number of benzene rings is 2. The highest BCUT2D eigenvalue weighted by atomic mass is 35.5. The lowest BCUT2D eigenvalue weighted by atomic mass is 9.99. The van der Waals surface area contributed by atoms with Gasteiger partial charge in [-0.25, -0.2) is 0 Å². The summed E-state index contributed by atoms with van der Waals surface area (Å²) < 4.78 is 5.15. The van der Waals surface area contributed by atoms with E-state index in [9.17, 15) is 4.79 Å². The molecule has 2 rings (SSSR count). The van der Waals surface area contributed by atoms with Crippen molar-refractivity contribution >= 4 is 17.4 Å². The molecule has 98 valence electrons. The number of methoxy groups -OCH3 is 1. The molecule has 0 aromatic heterocycles. The van der Waals surface area contributed by atoms with Crippen LogP contribution in [0.4, 0.5) is 0 Å². The van der Waals surface area contributed by atoms with E-state index in [1.807, 2.05) is 37.3 Å². The number of carbonyl (C=O) groups is 1. The predicted molar refractivity (Wildman–Crippen MR) is 77.2 cm³/mol. The van der Waals surface area contributed by atoms with Gasteiger partial charge in [-0.3, -0.25) is 4.79 Å². The molecule has 0 aliphatic carbocycles. The third-order valence-corrected chi connectivity index (χ3v) is 3.48. The Hall–Kier alpha value is -1.80. The first-order valence-corrected chi connectivity index (χ1v) is 6.41. The number of carbonyl (C=O) groups excluding carboxylic acids is 1. The smallest absolute Gasteiger partial charge is 0.167 e. The molecule has 0 N–H and O–H groups in total. The van der Waals surface area contributed by atoms with Gasteiger partial charge in [-0.05, 0) is 36.2 Å². The quantitative estimate of drug-likeness (QED) is 0.785. The average Bonchev–Trinajstić information content (AvgIpc) is 2.42. The Morgan fingerprint density at radius 3 is 2.68 bits per heavy atom. The Morgan fingerprint density at radius 1 is 1.21 bits per heavy atom. The van der Waals surface area contributed by atoms with Crippen molar-refractivity contribution in [2.24, 2.45) is 0 Å². The minimum Gasteiger partial charge on any atom is -0.497 e. The lowest BCUT2D eigenvalue weighted by Gasteiger charge is -2.07. The standard InChI is InChI=1S/C16H15ClO2/c1-11-14(7-4-8-15(11)17)16(18)10-12-5-3-6-13(9-12)19-2/h3-9H,10H2,1-2H3. The number of Topliss-reactive ketones (excluding diaryl/α,β-unsaturated/α-hetero) is 1. The molecule has 0 saturated carbocycles. The fourth-order valence-corrected chi connectivity index (χ4v) is 2.15. The Balaban J connectivity index is 2.23. The third kappa shape index (κ3) is 3.15. The molecule has 2 aromatic rings. The van der Waals surface area contributed by atoms with E-state index in [0.717, 1.165) is 16.9 Å². The maximum Gasteiger partial charge on any atom is 0.167 e. The molecule has 0 radical (unpaired) electrons. The summed E-state index contributed by atoms with van der Waals surface area (Å²) in [6.07, 6.45) is 0.346. The molecule has 2 aromatic carbocycles. The van der Waals surface area contributed by atoms with Crippen LogP contribution in [0.15, 0.2) is 42.5 Å². The number of ether oxygens (including phenoxy) is 1. The van der Waals surface area contributed by atoms with Gasteiger partial charge in [0, 0.05) is 17.0 Å². The van der Waals surface area contributed by atoms with Gasteiger partial charge in [0.15, 0.2) is 5.78 Å². The topological polar surface area (TPSA) is 26.3 Å². The van der Waals surface area contributed by atoms with Gasteiger partial charge in [-0.1, -0.05) is 35.9 Å². The van der Waals surface area contributed by atoms with Crippen molar-refractivity contribution in [1.82, 2.24) is 0 Å². The van der Waals surface area contributed by atoms with Crippen LogP contribution in [-0.2, 0) is 6.42 Å². The van der Waals surface area contributed by atoms with Gasteiger partial charge in [-0.15, -0.1) is 0 Å². The average molecular weight is 275 g/mol. The Labute approximate surface area is 118 Å². The van der Waals surface area contributed by atoms with Crippen molar-refractivity contribution in [3.63, 3.8) is 0 Å². The minimum atomic E-state index is 0.0632. The molecule has 0 aliphatic rings. The van der Waals surface area contributed by atoms with Crippen molar-refractivity contribution in [2.45, 2.75) is 13.3 Å². The van der Waals surface area contributed by atoms with Crippen LogP contribution in [0.5, 0.6) is 5.75 Å². The maximum absolute atomic E-state index is 12.3. The summed E-state index contributed by atoms with van der Waals surface area (Å²) in [6.45, 7) is 1.86. The van der Waals surface area contributed by atoms with E-state index < -0.39 is 0 Å². The lowest BCUT2D eigenvalue weighted by Crippen LogP contribution is -2.06. The Bertz CT molecular complexity index is 605. The minimum absolute atomic E-state index is 0.0632. The number of rotatable bonds is 4. The van der Waals surface area contributed by atoms with Crippen LogP contribution in [0.1, 0.15) is 21.5 Å². The summed E-state index contributed by atoms with van der Waals surface area (Å²) in [7, 11) is 1.61. The molecular weight excluding hydrogens is 260 g/mol. The van der Waals surface area contributed by atoms with Gasteiger partial charge in [0.2, 0.25) is 0 Å². The van der Waals surface area contributed by atoms with E-state index in [4.69, 9.17) is 16.3 Å². The molecule has 3 heteroatoms. The molecule has 0 spiro atoms. The van der Waals surface area contributed by atoms with E-state index in [2.05, 4.69) is 0 Å². The van der Waals surface area contributed by atoms with E-state index in [1.54, 1.807) is 19.2 Å². The first kappa shape index (κ1) is 13.6. The molecule has 0 aliphatic heterocycles. The van der Waals surface area contributed by atoms with Crippen LogP contribution >= 0.6 is 11.6 Å². The molecule has 2 nitrogen and oxygen atoms in total. The fourth-order valence-electron chi connectivity index (χ4n) is 1.97. The van der Waals surface area contributed by atoms with Crippen LogP contribution in [-0.4, -0.2) is 12.9 Å². The maximum atomic E-state index is 12.3.